The van der Waals surface area contributed by atoms with Crippen LogP contribution in [0.25, 0.3) is 0 Å². The van der Waals surface area contributed by atoms with E-state index in [0.29, 0.717) is 5.92 Å². The summed E-state index contributed by atoms with van der Waals surface area (Å²) in [7, 11) is 0. The van der Waals surface area contributed by atoms with E-state index in [0.717, 1.165) is 12.2 Å². The van der Waals surface area contributed by atoms with E-state index in [9.17, 15) is 4.79 Å². The molecular weight excluding hydrogens is 198 g/mol. The van der Waals surface area contributed by atoms with Crippen LogP contribution in [0.1, 0.15) is 34.1 Å². The monoisotopic (exact) mass is 219 g/mol. The number of carboxylic acid groups (broad SMARTS) is 1. The van der Waals surface area contributed by atoms with Crippen molar-refractivity contribution in [1.82, 2.24) is 0 Å². The topological polar surface area (TPSA) is 63.3 Å². The number of carbonyl (C=O) groups is 1. The summed E-state index contributed by atoms with van der Waals surface area (Å²) in [4.78, 5) is 10.7. The van der Waals surface area contributed by atoms with Crippen LogP contribution >= 0.6 is 11.8 Å². The van der Waals surface area contributed by atoms with E-state index in [4.69, 9.17) is 10.8 Å². The predicted octanol–water partition coefficient (Wildman–Crippen LogP) is 1.96. The van der Waals surface area contributed by atoms with Gasteiger partial charge in [0.25, 0.3) is 0 Å². The molecule has 84 valence electrons. The molecular formula is C10H21NO2S. The molecule has 1 unspecified atom stereocenters. The highest BCUT2D eigenvalue weighted by atomic mass is 32.2. The number of rotatable bonds is 6. The summed E-state index contributed by atoms with van der Waals surface area (Å²) in [6.07, 6.45) is 1.12. The Labute approximate surface area is 90.4 Å². The molecule has 0 fully saturated rings. The lowest BCUT2D eigenvalue weighted by Crippen LogP contribution is -2.47. The van der Waals surface area contributed by atoms with Gasteiger partial charge in [0.15, 0.2) is 0 Å². The number of hydrogen-bond donors (Lipinski definition) is 2. The van der Waals surface area contributed by atoms with Crippen molar-refractivity contribution in [3.63, 3.8) is 0 Å². The van der Waals surface area contributed by atoms with Crippen LogP contribution in [0, 0.1) is 5.92 Å². The quantitative estimate of drug-likeness (QED) is 0.717. The van der Waals surface area contributed by atoms with Gasteiger partial charge in [-0.25, -0.2) is 0 Å². The van der Waals surface area contributed by atoms with Crippen molar-refractivity contribution < 1.29 is 9.90 Å². The van der Waals surface area contributed by atoms with Crippen LogP contribution in [-0.4, -0.2) is 27.6 Å². The first-order chi connectivity index (χ1) is 6.31. The van der Waals surface area contributed by atoms with Gasteiger partial charge >= 0.3 is 5.97 Å². The van der Waals surface area contributed by atoms with Crippen LogP contribution in [0.15, 0.2) is 0 Å². The lowest BCUT2D eigenvalue weighted by Gasteiger charge is -2.29. The van der Waals surface area contributed by atoms with Gasteiger partial charge in [0.05, 0.1) is 0 Å². The molecule has 3 N–H and O–H groups in total. The molecule has 14 heavy (non-hydrogen) atoms. The van der Waals surface area contributed by atoms with Gasteiger partial charge in [-0.3, -0.25) is 4.79 Å². The average Bonchev–Trinajstić information content (AvgIpc) is 2.12. The molecule has 0 aliphatic heterocycles. The lowest BCUT2D eigenvalue weighted by molar-refractivity contribution is -0.139. The molecule has 0 radical (unpaired) electrons. The minimum atomic E-state index is -0.924. The van der Waals surface area contributed by atoms with Gasteiger partial charge in [-0.2, -0.15) is 11.8 Å². The summed E-state index contributed by atoms with van der Waals surface area (Å²) in [5.74, 6) is 0.650. The number of aliphatic carboxylic acids is 1. The Morgan fingerprint density at radius 2 is 2.07 bits per heavy atom. The van der Waals surface area contributed by atoms with Crippen molar-refractivity contribution in [2.24, 2.45) is 11.7 Å². The first kappa shape index (κ1) is 13.8. The fourth-order valence-electron chi connectivity index (χ4n) is 0.862. The highest BCUT2D eigenvalue weighted by Gasteiger charge is 2.32. The smallest absolute Gasteiger partial charge is 0.321 e. The highest BCUT2D eigenvalue weighted by Crippen LogP contribution is 2.29. The van der Waals surface area contributed by atoms with E-state index in [1.807, 2.05) is 13.8 Å². The molecule has 0 amide bonds. The zero-order valence-corrected chi connectivity index (χ0v) is 10.2. The second kappa shape index (κ2) is 5.61. The minimum Gasteiger partial charge on any atom is -0.480 e. The number of hydrogen-bond acceptors (Lipinski definition) is 3. The molecule has 4 heteroatoms. The van der Waals surface area contributed by atoms with Gasteiger partial charge in [0.2, 0.25) is 0 Å². The Hall–Kier alpha value is -0.220. The van der Waals surface area contributed by atoms with Crippen LogP contribution in [0.3, 0.4) is 0 Å². The molecule has 0 aromatic heterocycles. The average molecular weight is 219 g/mol. The van der Waals surface area contributed by atoms with Crippen LogP contribution in [0.4, 0.5) is 0 Å². The Morgan fingerprint density at radius 1 is 1.57 bits per heavy atom. The van der Waals surface area contributed by atoms with Crippen molar-refractivity contribution in [1.29, 1.82) is 0 Å². The molecule has 0 aromatic carbocycles. The molecule has 0 aliphatic carbocycles. The molecule has 2 atom stereocenters. The Kier molecular flexibility index (Phi) is 5.52. The van der Waals surface area contributed by atoms with E-state index in [-0.39, 0.29) is 0 Å². The zero-order chi connectivity index (χ0) is 11.4. The van der Waals surface area contributed by atoms with Gasteiger partial charge in [-0.1, -0.05) is 20.3 Å². The second-order valence-electron chi connectivity index (χ2n) is 4.24. The first-order valence-corrected chi connectivity index (χ1v) is 5.92. The van der Waals surface area contributed by atoms with E-state index >= 15 is 0 Å². The van der Waals surface area contributed by atoms with E-state index in [1.165, 1.54) is 0 Å². The van der Waals surface area contributed by atoms with Crippen LogP contribution < -0.4 is 5.73 Å². The largest absolute Gasteiger partial charge is 0.480 e. The molecule has 0 aliphatic rings. The maximum absolute atomic E-state index is 10.7. The van der Waals surface area contributed by atoms with Crippen LogP contribution in [-0.2, 0) is 4.79 Å². The number of thioether (sulfide) groups is 1. The molecule has 0 bridgehead atoms. The molecule has 3 nitrogen and oxygen atoms in total. The maximum Gasteiger partial charge on any atom is 0.321 e. The van der Waals surface area contributed by atoms with E-state index in [2.05, 4.69) is 13.8 Å². The fraction of sp³-hybridized carbons (Fsp3) is 0.900. The van der Waals surface area contributed by atoms with Crippen molar-refractivity contribution in [2.75, 3.05) is 5.75 Å². The molecule has 0 aromatic rings. The number of nitrogens with two attached hydrogens (primary N) is 1. The summed E-state index contributed by atoms with van der Waals surface area (Å²) in [5, 5.41) is 8.80. The second-order valence-corrected chi connectivity index (χ2v) is 5.92. The van der Waals surface area contributed by atoms with Crippen molar-refractivity contribution in [2.45, 2.75) is 44.9 Å². The Bertz CT molecular complexity index is 195. The van der Waals surface area contributed by atoms with Gasteiger partial charge in [-0.15, -0.1) is 0 Å². The molecule has 0 heterocycles. The van der Waals surface area contributed by atoms with Crippen molar-refractivity contribution in [3.05, 3.63) is 0 Å². The van der Waals surface area contributed by atoms with Crippen LogP contribution in [0.2, 0.25) is 0 Å². The van der Waals surface area contributed by atoms with Crippen molar-refractivity contribution in [3.8, 4) is 0 Å². The normalized spacial score (nSPS) is 16.4. The SMILES string of the molecule is CCC(C)CSC(C)(C)[C@H](N)C(=O)O. The minimum absolute atomic E-state index is 0.394. The van der Waals surface area contributed by atoms with Crippen LogP contribution in [0.5, 0.6) is 0 Å². The Morgan fingerprint density at radius 3 is 2.43 bits per heavy atom. The molecule has 0 saturated heterocycles. The molecule has 0 saturated carbocycles. The highest BCUT2D eigenvalue weighted by molar-refractivity contribution is 8.00. The molecule has 0 rings (SSSR count). The third-order valence-corrected chi connectivity index (χ3v) is 4.19. The summed E-state index contributed by atoms with van der Waals surface area (Å²) in [5.41, 5.74) is 5.60. The fourth-order valence-corrected chi connectivity index (χ4v) is 2.09. The van der Waals surface area contributed by atoms with Crippen molar-refractivity contribution >= 4 is 17.7 Å². The summed E-state index contributed by atoms with van der Waals surface area (Å²) >= 11 is 1.64. The maximum atomic E-state index is 10.7. The Balaban J connectivity index is 4.13. The van der Waals surface area contributed by atoms with E-state index in [1.54, 1.807) is 11.8 Å². The predicted molar refractivity (Wildman–Crippen MR) is 61.6 cm³/mol. The summed E-state index contributed by atoms with van der Waals surface area (Å²) < 4.78 is -0.394. The lowest BCUT2D eigenvalue weighted by atomic mass is 10.1. The van der Waals surface area contributed by atoms with Gasteiger partial charge in [0, 0.05) is 4.75 Å². The number of carboxylic acids is 1. The first-order valence-electron chi connectivity index (χ1n) is 4.93. The molecule has 0 spiro atoms. The van der Waals surface area contributed by atoms with Gasteiger partial charge in [0.1, 0.15) is 6.04 Å². The van der Waals surface area contributed by atoms with Gasteiger partial charge in [-0.05, 0) is 25.5 Å². The third-order valence-electron chi connectivity index (χ3n) is 2.45. The zero-order valence-electron chi connectivity index (χ0n) is 9.41. The van der Waals surface area contributed by atoms with Gasteiger partial charge < -0.3 is 10.8 Å². The standard InChI is InChI=1S/C10H21NO2S/c1-5-7(2)6-14-10(3,4)8(11)9(12)13/h7-8H,5-6,11H2,1-4H3,(H,12,13)/t7?,8-/m1/s1. The van der Waals surface area contributed by atoms with E-state index < -0.39 is 16.8 Å². The third kappa shape index (κ3) is 4.33. The summed E-state index contributed by atoms with van der Waals surface area (Å²) in [6, 6.07) is -0.795. The summed E-state index contributed by atoms with van der Waals surface area (Å²) in [6.45, 7) is 8.07.